The molecule has 0 spiro atoms. The Bertz CT molecular complexity index is 1390. The molecule has 9 heteroatoms. The second kappa shape index (κ2) is 10.9. The molecule has 3 aromatic carbocycles. The summed E-state index contributed by atoms with van der Waals surface area (Å²) in [7, 11) is 0. The Kier molecular flexibility index (Phi) is 7.30. The van der Waals surface area contributed by atoms with Crippen LogP contribution in [0.25, 0.3) is 12.2 Å². The van der Waals surface area contributed by atoms with Gasteiger partial charge >= 0.3 is 11.9 Å². The number of esters is 2. The molecule has 0 amide bonds. The van der Waals surface area contributed by atoms with Crippen LogP contribution in [-0.2, 0) is 14.3 Å². The lowest BCUT2D eigenvalue weighted by Gasteiger charge is -2.10. The van der Waals surface area contributed by atoms with Crippen LogP contribution < -0.4 is 9.47 Å². The third kappa shape index (κ3) is 5.89. The van der Waals surface area contributed by atoms with Gasteiger partial charge in [0, 0.05) is 23.8 Å². The molecule has 36 heavy (non-hydrogen) atoms. The zero-order valence-electron chi connectivity index (χ0n) is 19.1. The van der Waals surface area contributed by atoms with Gasteiger partial charge in [-0.2, -0.15) is 0 Å². The second-order valence-electron chi connectivity index (χ2n) is 7.44. The van der Waals surface area contributed by atoms with E-state index < -0.39 is 16.9 Å². The summed E-state index contributed by atoms with van der Waals surface area (Å²) in [6.07, 6.45) is 4.25. The van der Waals surface area contributed by atoms with Crippen molar-refractivity contribution in [1.29, 1.82) is 0 Å². The summed E-state index contributed by atoms with van der Waals surface area (Å²) in [5, 5.41) is 10.7. The zero-order chi connectivity index (χ0) is 25.5. The van der Waals surface area contributed by atoms with Gasteiger partial charge in [-0.25, -0.2) is 14.6 Å². The number of rotatable bonds is 8. The van der Waals surface area contributed by atoms with E-state index in [0.29, 0.717) is 29.0 Å². The molecule has 0 N–H and O–H groups in total. The number of cyclic esters (lactones) is 1. The quantitative estimate of drug-likeness (QED) is 0.146. The number of aliphatic imine (C=N–C) groups is 1. The number of benzene rings is 3. The molecule has 0 fully saturated rings. The Morgan fingerprint density at radius 2 is 1.75 bits per heavy atom. The molecule has 0 aliphatic carbocycles. The summed E-state index contributed by atoms with van der Waals surface area (Å²) in [4.78, 5) is 39.1. The maximum absolute atomic E-state index is 12.3. The number of hydrogen-bond donors (Lipinski definition) is 0. The maximum atomic E-state index is 12.3. The molecule has 1 heterocycles. The largest absolute Gasteiger partial charge is 0.490 e. The minimum absolute atomic E-state index is 0.0426. The number of hydrogen-bond acceptors (Lipinski definition) is 8. The van der Waals surface area contributed by atoms with E-state index in [4.69, 9.17) is 14.2 Å². The maximum Gasteiger partial charge on any atom is 0.363 e. The van der Waals surface area contributed by atoms with Crippen molar-refractivity contribution in [3.8, 4) is 11.5 Å². The van der Waals surface area contributed by atoms with E-state index in [1.807, 2.05) is 18.2 Å². The highest BCUT2D eigenvalue weighted by Gasteiger charge is 2.24. The Hall–Kier alpha value is -5.05. The van der Waals surface area contributed by atoms with Gasteiger partial charge < -0.3 is 14.2 Å². The minimum atomic E-state index is -0.656. The number of ether oxygens (including phenoxy) is 3. The van der Waals surface area contributed by atoms with E-state index in [2.05, 4.69) is 4.99 Å². The summed E-state index contributed by atoms with van der Waals surface area (Å²) in [6.45, 7) is 2.11. The smallest absolute Gasteiger partial charge is 0.363 e. The molecule has 0 saturated carbocycles. The first-order valence-electron chi connectivity index (χ1n) is 10.9. The van der Waals surface area contributed by atoms with Crippen LogP contribution in [0.15, 0.2) is 89.6 Å². The van der Waals surface area contributed by atoms with Gasteiger partial charge in [0.2, 0.25) is 5.90 Å². The van der Waals surface area contributed by atoms with Crippen LogP contribution >= 0.6 is 0 Å². The first kappa shape index (κ1) is 24.1. The molecule has 0 bridgehead atoms. The number of nitro groups is 1. The van der Waals surface area contributed by atoms with E-state index in [0.717, 1.165) is 0 Å². The summed E-state index contributed by atoms with van der Waals surface area (Å²) in [6, 6.07) is 19.7. The first-order chi connectivity index (χ1) is 17.4. The van der Waals surface area contributed by atoms with Crippen molar-refractivity contribution in [3.05, 3.63) is 111 Å². The number of nitrogens with zero attached hydrogens (tertiary/aromatic N) is 2. The van der Waals surface area contributed by atoms with Crippen LogP contribution in [0.1, 0.15) is 23.6 Å². The molecule has 0 aromatic heterocycles. The number of carbonyl (C=O) groups excluding carboxylic acids is 2. The van der Waals surface area contributed by atoms with Crippen molar-refractivity contribution in [1.82, 2.24) is 0 Å². The molecule has 180 valence electrons. The Balaban J connectivity index is 1.50. The lowest BCUT2D eigenvalue weighted by Crippen LogP contribution is -2.06. The van der Waals surface area contributed by atoms with Crippen molar-refractivity contribution >= 4 is 35.7 Å². The highest BCUT2D eigenvalue weighted by Crippen LogP contribution is 2.30. The van der Waals surface area contributed by atoms with Crippen LogP contribution in [0.3, 0.4) is 0 Å². The van der Waals surface area contributed by atoms with Gasteiger partial charge in [0.15, 0.2) is 17.2 Å². The van der Waals surface area contributed by atoms with Crippen molar-refractivity contribution < 1.29 is 28.7 Å². The Morgan fingerprint density at radius 1 is 1.03 bits per heavy atom. The van der Waals surface area contributed by atoms with Gasteiger partial charge in [-0.3, -0.25) is 10.1 Å². The van der Waals surface area contributed by atoms with Gasteiger partial charge in [0.1, 0.15) is 0 Å². The third-order valence-corrected chi connectivity index (χ3v) is 4.94. The lowest BCUT2D eigenvalue weighted by atomic mass is 10.1. The summed E-state index contributed by atoms with van der Waals surface area (Å²) in [5.41, 5.74) is 1.98. The monoisotopic (exact) mass is 484 g/mol. The SMILES string of the molecule is CCOc1cc(/C=C2\N=C(c3ccccc3)OC2=O)ccc1OC(=O)/C=C/c1ccc([N+](=O)[O-])cc1. The standard InChI is InChI=1S/C27H20N2O7/c1-2-34-24-17-19(16-22-27(31)36-26(28-22)20-6-4-3-5-7-20)10-14-23(24)35-25(30)15-11-18-8-12-21(13-9-18)29(32)33/h3-17H,2H2,1H3/b15-11+,22-16-. The van der Waals surface area contributed by atoms with Crippen LogP contribution in [0.5, 0.6) is 11.5 Å². The fourth-order valence-corrected chi connectivity index (χ4v) is 3.25. The van der Waals surface area contributed by atoms with E-state index in [9.17, 15) is 19.7 Å². The van der Waals surface area contributed by atoms with Crippen LogP contribution in [-0.4, -0.2) is 29.4 Å². The first-order valence-corrected chi connectivity index (χ1v) is 10.9. The second-order valence-corrected chi connectivity index (χ2v) is 7.44. The topological polar surface area (TPSA) is 117 Å². The fourth-order valence-electron chi connectivity index (χ4n) is 3.25. The van der Waals surface area contributed by atoms with E-state index in [1.54, 1.807) is 43.3 Å². The zero-order valence-corrected chi connectivity index (χ0v) is 19.1. The Labute approximate surface area is 206 Å². The van der Waals surface area contributed by atoms with Crippen LogP contribution in [0.4, 0.5) is 5.69 Å². The van der Waals surface area contributed by atoms with Gasteiger partial charge in [-0.05, 0) is 66.6 Å². The van der Waals surface area contributed by atoms with Gasteiger partial charge in [-0.15, -0.1) is 0 Å². The molecule has 3 aromatic rings. The van der Waals surface area contributed by atoms with E-state index in [1.165, 1.54) is 36.4 Å². The van der Waals surface area contributed by atoms with Crippen molar-refractivity contribution in [2.75, 3.05) is 6.61 Å². The molecule has 1 aliphatic rings. The van der Waals surface area contributed by atoms with Gasteiger partial charge in [0.25, 0.3) is 5.69 Å². The highest BCUT2D eigenvalue weighted by molar-refractivity contribution is 6.12. The summed E-state index contributed by atoms with van der Waals surface area (Å²) in [5.74, 6) is -0.500. The molecule has 0 saturated heterocycles. The Morgan fingerprint density at radius 3 is 2.44 bits per heavy atom. The van der Waals surface area contributed by atoms with Crippen molar-refractivity contribution in [3.63, 3.8) is 0 Å². The molecule has 0 radical (unpaired) electrons. The van der Waals surface area contributed by atoms with Crippen LogP contribution in [0.2, 0.25) is 0 Å². The van der Waals surface area contributed by atoms with E-state index >= 15 is 0 Å². The van der Waals surface area contributed by atoms with Gasteiger partial charge in [0.05, 0.1) is 11.5 Å². The molecule has 9 nitrogen and oxygen atoms in total. The molecular formula is C27H20N2O7. The third-order valence-electron chi connectivity index (χ3n) is 4.94. The molecular weight excluding hydrogens is 464 g/mol. The highest BCUT2D eigenvalue weighted by atomic mass is 16.6. The molecule has 4 rings (SSSR count). The molecule has 1 aliphatic heterocycles. The number of nitro benzene ring substituents is 1. The normalized spacial score (nSPS) is 14.0. The van der Waals surface area contributed by atoms with Crippen LogP contribution in [0, 0.1) is 10.1 Å². The molecule has 0 atom stereocenters. The summed E-state index contributed by atoms with van der Waals surface area (Å²) >= 11 is 0. The number of carbonyl (C=O) groups is 2. The van der Waals surface area contributed by atoms with Gasteiger partial charge in [-0.1, -0.05) is 24.3 Å². The molecule has 0 unspecified atom stereocenters. The lowest BCUT2D eigenvalue weighted by molar-refractivity contribution is -0.384. The number of non-ortho nitro benzene ring substituents is 1. The predicted octanol–water partition coefficient (Wildman–Crippen LogP) is 4.96. The van der Waals surface area contributed by atoms with E-state index in [-0.39, 0.29) is 23.0 Å². The minimum Gasteiger partial charge on any atom is -0.490 e. The summed E-state index contributed by atoms with van der Waals surface area (Å²) < 4.78 is 16.3. The average molecular weight is 484 g/mol. The van der Waals surface area contributed by atoms with Crippen molar-refractivity contribution in [2.24, 2.45) is 4.99 Å². The predicted molar refractivity (Wildman–Crippen MR) is 132 cm³/mol. The average Bonchev–Trinajstić information content (AvgIpc) is 3.25. The van der Waals surface area contributed by atoms with Crippen molar-refractivity contribution in [2.45, 2.75) is 6.92 Å². The fraction of sp³-hybridized carbons (Fsp3) is 0.0741.